The van der Waals surface area contributed by atoms with E-state index < -0.39 is 0 Å². The molecule has 0 spiro atoms. The molecule has 0 atom stereocenters. The van der Waals surface area contributed by atoms with E-state index in [1.165, 1.54) is 32.1 Å². The zero-order valence-corrected chi connectivity index (χ0v) is 12.1. The van der Waals surface area contributed by atoms with Crippen LogP contribution < -0.4 is 0 Å². The standard InChI is InChI=1S/C14H16BrClO/c15-11-6-7-13(16)12(9-11)14(17)8-10-4-2-1-3-5-10/h6-7,9-10H,1-5,8H2. The van der Waals surface area contributed by atoms with Crippen LogP contribution in [0.15, 0.2) is 22.7 Å². The summed E-state index contributed by atoms with van der Waals surface area (Å²) in [5.74, 6) is 0.745. The van der Waals surface area contributed by atoms with Crippen molar-refractivity contribution in [3.05, 3.63) is 33.3 Å². The minimum absolute atomic E-state index is 0.184. The van der Waals surface area contributed by atoms with Crippen molar-refractivity contribution < 1.29 is 4.79 Å². The number of carbonyl (C=O) groups excluding carboxylic acids is 1. The van der Waals surface area contributed by atoms with Crippen LogP contribution in [0.3, 0.4) is 0 Å². The summed E-state index contributed by atoms with van der Waals surface area (Å²) in [5, 5.41) is 0.564. The van der Waals surface area contributed by atoms with Gasteiger partial charge in [0.1, 0.15) is 0 Å². The van der Waals surface area contributed by atoms with Gasteiger partial charge in [0.2, 0.25) is 0 Å². The molecule has 1 aliphatic carbocycles. The highest BCUT2D eigenvalue weighted by atomic mass is 79.9. The second kappa shape index (κ2) is 6.01. The van der Waals surface area contributed by atoms with Gasteiger partial charge < -0.3 is 0 Å². The lowest BCUT2D eigenvalue weighted by atomic mass is 9.85. The van der Waals surface area contributed by atoms with Gasteiger partial charge in [-0.1, -0.05) is 59.6 Å². The summed E-state index contributed by atoms with van der Waals surface area (Å²) in [6.45, 7) is 0. The lowest BCUT2D eigenvalue weighted by Gasteiger charge is -2.20. The Morgan fingerprint density at radius 3 is 2.71 bits per heavy atom. The topological polar surface area (TPSA) is 17.1 Å². The van der Waals surface area contributed by atoms with Crippen LogP contribution in [0.25, 0.3) is 0 Å². The lowest BCUT2D eigenvalue weighted by molar-refractivity contribution is 0.0950. The molecule has 1 saturated carbocycles. The third-order valence-electron chi connectivity index (χ3n) is 3.43. The van der Waals surface area contributed by atoms with Crippen LogP contribution in [-0.2, 0) is 0 Å². The highest BCUT2D eigenvalue weighted by Crippen LogP contribution is 2.29. The van der Waals surface area contributed by atoms with Crippen molar-refractivity contribution >= 4 is 33.3 Å². The SMILES string of the molecule is O=C(CC1CCCCC1)c1cc(Br)ccc1Cl. The third kappa shape index (κ3) is 3.56. The number of benzene rings is 1. The zero-order chi connectivity index (χ0) is 12.3. The van der Waals surface area contributed by atoms with Gasteiger partial charge in [-0.05, 0) is 24.1 Å². The van der Waals surface area contributed by atoms with Crippen molar-refractivity contribution in [1.82, 2.24) is 0 Å². The Labute approximate surface area is 116 Å². The fourth-order valence-corrected chi connectivity index (χ4v) is 3.06. The minimum atomic E-state index is 0.184. The molecule has 0 heterocycles. The van der Waals surface area contributed by atoms with E-state index >= 15 is 0 Å². The van der Waals surface area contributed by atoms with Crippen LogP contribution in [0.5, 0.6) is 0 Å². The molecule has 0 amide bonds. The molecular formula is C14H16BrClO. The van der Waals surface area contributed by atoms with Crippen LogP contribution in [0, 0.1) is 5.92 Å². The summed E-state index contributed by atoms with van der Waals surface area (Å²) in [4.78, 5) is 12.2. The predicted octanol–water partition coefficient (Wildman–Crippen LogP) is 5.26. The smallest absolute Gasteiger partial charge is 0.164 e. The van der Waals surface area contributed by atoms with Gasteiger partial charge in [0.05, 0.1) is 5.02 Å². The number of halogens is 2. The fraction of sp³-hybridized carbons (Fsp3) is 0.500. The molecule has 2 rings (SSSR count). The zero-order valence-electron chi connectivity index (χ0n) is 9.72. The average Bonchev–Trinajstić information content (AvgIpc) is 2.33. The van der Waals surface area contributed by atoms with E-state index in [-0.39, 0.29) is 5.78 Å². The molecular weight excluding hydrogens is 300 g/mol. The Morgan fingerprint density at radius 1 is 1.29 bits per heavy atom. The average molecular weight is 316 g/mol. The molecule has 0 radical (unpaired) electrons. The van der Waals surface area contributed by atoms with Crippen molar-refractivity contribution in [2.45, 2.75) is 38.5 Å². The van der Waals surface area contributed by atoms with E-state index in [1.54, 1.807) is 6.07 Å². The van der Waals surface area contributed by atoms with Gasteiger partial charge in [-0.15, -0.1) is 0 Å². The number of hydrogen-bond acceptors (Lipinski definition) is 1. The van der Waals surface area contributed by atoms with Crippen LogP contribution in [0.1, 0.15) is 48.9 Å². The maximum absolute atomic E-state index is 12.2. The Morgan fingerprint density at radius 2 is 2.00 bits per heavy atom. The lowest BCUT2D eigenvalue weighted by Crippen LogP contribution is -2.12. The van der Waals surface area contributed by atoms with E-state index in [0.717, 1.165) is 4.47 Å². The molecule has 1 fully saturated rings. The van der Waals surface area contributed by atoms with Gasteiger partial charge >= 0.3 is 0 Å². The highest BCUT2D eigenvalue weighted by Gasteiger charge is 2.19. The molecule has 3 heteroatoms. The maximum atomic E-state index is 12.2. The molecule has 1 aliphatic rings. The fourth-order valence-electron chi connectivity index (χ4n) is 2.47. The minimum Gasteiger partial charge on any atom is -0.294 e. The summed E-state index contributed by atoms with van der Waals surface area (Å²) in [7, 11) is 0. The summed E-state index contributed by atoms with van der Waals surface area (Å²) in [6, 6.07) is 5.47. The largest absolute Gasteiger partial charge is 0.294 e. The van der Waals surface area contributed by atoms with E-state index in [4.69, 9.17) is 11.6 Å². The van der Waals surface area contributed by atoms with Crippen LogP contribution in [0.4, 0.5) is 0 Å². The quantitative estimate of drug-likeness (QED) is 0.696. The first-order chi connectivity index (χ1) is 8.16. The van der Waals surface area contributed by atoms with E-state index in [0.29, 0.717) is 22.9 Å². The number of ketones is 1. The molecule has 1 aromatic rings. The van der Waals surface area contributed by atoms with Crippen molar-refractivity contribution in [2.75, 3.05) is 0 Å². The highest BCUT2D eigenvalue weighted by molar-refractivity contribution is 9.10. The number of Topliss-reactive ketones (excluding diaryl/α,β-unsaturated/α-hetero) is 1. The van der Waals surface area contributed by atoms with Gasteiger partial charge in [0.15, 0.2) is 5.78 Å². The normalized spacial score (nSPS) is 17.1. The van der Waals surface area contributed by atoms with Gasteiger partial charge in [-0.3, -0.25) is 4.79 Å². The molecule has 92 valence electrons. The number of carbonyl (C=O) groups is 1. The third-order valence-corrected chi connectivity index (χ3v) is 4.25. The summed E-state index contributed by atoms with van der Waals surface area (Å²) < 4.78 is 0.911. The van der Waals surface area contributed by atoms with Gasteiger partial charge in [0, 0.05) is 16.5 Å². The van der Waals surface area contributed by atoms with Gasteiger partial charge in [-0.2, -0.15) is 0 Å². The Hall–Kier alpha value is -0.340. The van der Waals surface area contributed by atoms with E-state index in [9.17, 15) is 4.79 Å². The first kappa shape index (κ1) is 13.1. The van der Waals surface area contributed by atoms with Crippen LogP contribution >= 0.6 is 27.5 Å². The van der Waals surface area contributed by atoms with Crippen LogP contribution in [-0.4, -0.2) is 5.78 Å². The van der Waals surface area contributed by atoms with Crippen molar-refractivity contribution in [3.8, 4) is 0 Å². The van der Waals surface area contributed by atoms with Crippen molar-refractivity contribution in [2.24, 2.45) is 5.92 Å². The number of hydrogen-bond donors (Lipinski definition) is 0. The van der Waals surface area contributed by atoms with Gasteiger partial charge in [0.25, 0.3) is 0 Å². The molecule has 17 heavy (non-hydrogen) atoms. The first-order valence-corrected chi connectivity index (χ1v) is 7.32. The molecule has 0 unspecified atom stereocenters. The molecule has 1 nitrogen and oxygen atoms in total. The molecule has 1 aromatic carbocycles. The van der Waals surface area contributed by atoms with Gasteiger partial charge in [-0.25, -0.2) is 0 Å². The Kier molecular flexibility index (Phi) is 4.63. The monoisotopic (exact) mass is 314 g/mol. The maximum Gasteiger partial charge on any atom is 0.164 e. The van der Waals surface area contributed by atoms with Crippen molar-refractivity contribution in [1.29, 1.82) is 0 Å². The molecule has 0 bridgehead atoms. The second-order valence-corrected chi connectivity index (χ2v) is 6.08. The summed E-state index contributed by atoms with van der Waals surface area (Å²) in [5.41, 5.74) is 0.659. The molecule has 0 aliphatic heterocycles. The summed E-state index contributed by atoms with van der Waals surface area (Å²) >= 11 is 9.45. The predicted molar refractivity (Wildman–Crippen MR) is 74.7 cm³/mol. The van der Waals surface area contributed by atoms with Crippen molar-refractivity contribution in [3.63, 3.8) is 0 Å². The van der Waals surface area contributed by atoms with E-state index in [1.807, 2.05) is 12.1 Å². The van der Waals surface area contributed by atoms with Crippen LogP contribution in [0.2, 0.25) is 5.02 Å². The Balaban J connectivity index is 2.05. The second-order valence-electron chi connectivity index (χ2n) is 4.76. The summed E-state index contributed by atoms with van der Waals surface area (Å²) in [6.07, 6.45) is 6.89. The Bertz CT molecular complexity index is 411. The number of rotatable bonds is 3. The first-order valence-electron chi connectivity index (χ1n) is 6.15. The molecule has 0 saturated heterocycles. The van der Waals surface area contributed by atoms with E-state index in [2.05, 4.69) is 15.9 Å². The molecule has 0 aromatic heterocycles. The molecule has 0 N–H and O–H groups in total.